The predicted molar refractivity (Wildman–Crippen MR) is 97.9 cm³/mol. The largest absolute Gasteiger partial charge is 0.466 e. The van der Waals surface area contributed by atoms with Crippen molar-refractivity contribution in [2.45, 2.75) is 78.6 Å². The molecule has 11 nitrogen and oxygen atoms in total. The molecule has 0 aromatic heterocycles. The van der Waals surface area contributed by atoms with Crippen LogP contribution in [0.4, 0.5) is 0 Å². The molecule has 12 heteroatoms. The molecule has 0 unspecified atom stereocenters. The fraction of sp³-hybridized carbons (Fsp3) is 0.875. The van der Waals surface area contributed by atoms with Crippen LogP contribution in [0.25, 0.3) is 0 Å². The fourth-order valence-corrected chi connectivity index (χ4v) is 1.96. The van der Waals surface area contributed by atoms with Gasteiger partial charge in [-0.25, -0.2) is 9.45 Å². The normalized spacial score (nSPS) is 11.7. The third-order valence-electron chi connectivity index (χ3n) is 3.15. The van der Waals surface area contributed by atoms with E-state index in [1.807, 2.05) is 0 Å². The Morgan fingerprint density at radius 1 is 0.786 bits per heavy atom. The highest BCUT2D eigenvalue weighted by atomic mass is 31.2. The first-order valence-corrected chi connectivity index (χ1v) is 10.8. The number of phosphoric acid groups is 1. The number of unbranched alkanes of at least 4 members (excludes halogenated alkanes) is 7. The van der Waals surface area contributed by atoms with Gasteiger partial charge >= 0.3 is 7.82 Å². The molecule has 0 rings (SSSR count). The van der Waals surface area contributed by atoms with Crippen molar-refractivity contribution in [3.05, 3.63) is 12.3 Å². The minimum absolute atomic E-state index is 0.424. The van der Waals surface area contributed by atoms with Crippen molar-refractivity contribution < 1.29 is 54.2 Å². The third kappa shape index (κ3) is 40.2. The molecule has 0 aliphatic rings. The van der Waals surface area contributed by atoms with E-state index in [-0.39, 0.29) is 0 Å². The first-order valence-electron chi connectivity index (χ1n) is 9.28. The minimum Gasteiger partial charge on any atom is -0.314 e. The molecule has 0 aromatic carbocycles. The summed E-state index contributed by atoms with van der Waals surface area (Å²) in [6, 6.07) is 0. The molecule has 0 radical (unpaired) electrons. The summed E-state index contributed by atoms with van der Waals surface area (Å²) < 4.78 is 8.88. The van der Waals surface area contributed by atoms with Crippen molar-refractivity contribution in [3.63, 3.8) is 0 Å². The Hall–Kier alpha value is -0.590. The van der Waals surface area contributed by atoms with Crippen LogP contribution in [-0.2, 0) is 39.5 Å². The standard InChI is InChI=1S/C16H32O7.H3O4P/c1-4-14-17-19-21-23-22-20-18-15-12-10-8-6-5-7-9-11-13-16(2)3;1-5(2,3)4/h4,14,16H,5-13,15H2,1-3H3;(H3,1,2,3,4). The summed E-state index contributed by atoms with van der Waals surface area (Å²) in [7, 11) is -4.64. The van der Waals surface area contributed by atoms with Gasteiger partial charge in [0.25, 0.3) is 0 Å². The highest BCUT2D eigenvalue weighted by Gasteiger charge is 2.00. The van der Waals surface area contributed by atoms with E-state index in [4.69, 9.17) is 24.1 Å². The van der Waals surface area contributed by atoms with E-state index in [1.54, 1.807) is 13.0 Å². The van der Waals surface area contributed by atoms with Gasteiger partial charge in [-0.05, 0) is 35.4 Å². The van der Waals surface area contributed by atoms with E-state index >= 15 is 0 Å². The van der Waals surface area contributed by atoms with Crippen LogP contribution in [0.15, 0.2) is 12.3 Å². The van der Waals surface area contributed by atoms with Gasteiger partial charge in [0.15, 0.2) is 0 Å². The molecule has 0 aromatic rings. The number of hydrogen-bond acceptors (Lipinski definition) is 8. The Morgan fingerprint density at radius 3 is 1.79 bits per heavy atom. The average Bonchev–Trinajstić information content (AvgIpc) is 2.59. The molecule has 0 amide bonds. The molecule has 0 spiro atoms. The molecule has 3 N–H and O–H groups in total. The molecular weight excluding hydrogens is 399 g/mol. The monoisotopic (exact) mass is 434 g/mol. The molecule has 0 saturated carbocycles. The highest BCUT2D eigenvalue weighted by Crippen LogP contribution is 2.25. The van der Waals surface area contributed by atoms with Crippen LogP contribution in [0, 0.1) is 5.92 Å². The molecule has 170 valence electrons. The zero-order valence-corrected chi connectivity index (χ0v) is 17.8. The van der Waals surface area contributed by atoms with Gasteiger partial charge in [0.05, 0.1) is 6.61 Å². The molecule has 0 fully saturated rings. The lowest BCUT2D eigenvalue weighted by atomic mass is 10.0. The zero-order valence-electron chi connectivity index (χ0n) is 16.9. The SMILES string of the molecule is CC=COOOOOOOCCCCCCCCCCC(C)C.O=P(O)(O)O. The third-order valence-corrected chi connectivity index (χ3v) is 3.15. The molecule has 28 heavy (non-hydrogen) atoms. The number of hydrogen-bond donors (Lipinski definition) is 3. The van der Waals surface area contributed by atoms with Crippen molar-refractivity contribution >= 4 is 7.82 Å². The second kappa shape index (κ2) is 22.7. The number of allylic oxidation sites excluding steroid dienone is 1. The van der Waals surface area contributed by atoms with Gasteiger partial charge in [-0.1, -0.05) is 65.2 Å². The lowest BCUT2D eigenvalue weighted by Gasteiger charge is -2.04. The summed E-state index contributed by atoms with van der Waals surface area (Å²) in [4.78, 5) is 30.6. The Balaban J connectivity index is 0. The first-order chi connectivity index (χ1) is 13.3. The van der Waals surface area contributed by atoms with Crippen molar-refractivity contribution in [3.8, 4) is 0 Å². The molecule has 0 aliphatic carbocycles. The predicted octanol–water partition coefficient (Wildman–Crippen LogP) is 4.36. The molecule has 0 heterocycles. The summed E-state index contributed by atoms with van der Waals surface area (Å²) in [5.74, 6) is 0.831. The van der Waals surface area contributed by atoms with Gasteiger partial charge in [-0.3, -0.25) is 0 Å². The van der Waals surface area contributed by atoms with E-state index in [0.717, 1.165) is 18.8 Å². The van der Waals surface area contributed by atoms with E-state index in [2.05, 4.69) is 43.9 Å². The van der Waals surface area contributed by atoms with Crippen LogP contribution in [0.5, 0.6) is 0 Å². The first kappa shape index (κ1) is 29.6. The summed E-state index contributed by atoms with van der Waals surface area (Å²) in [5.41, 5.74) is 0. The van der Waals surface area contributed by atoms with Crippen LogP contribution < -0.4 is 0 Å². The second-order valence-corrected chi connectivity index (χ2v) is 7.28. The van der Waals surface area contributed by atoms with E-state index in [0.29, 0.717) is 6.61 Å². The summed E-state index contributed by atoms with van der Waals surface area (Å²) >= 11 is 0. The van der Waals surface area contributed by atoms with Gasteiger partial charge in [0.2, 0.25) is 0 Å². The molecular formula is C16H35O11P. The Morgan fingerprint density at radius 2 is 1.25 bits per heavy atom. The fourth-order valence-electron chi connectivity index (χ4n) is 1.96. The van der Waals surface area contributed by atoms with Crippen LogP contribution in [0.2, 0.25) is 0 Å². The number of rotatable bonds is 18. The molecule has 0 saturated heterocycles. The van der Waals surface area contributed by atoms with Crippen LogP contribution in [0.1, 0.15) is 78.6 Å². The maximum absolute atomic E-state index is 8.88. The Bertz CT molecular complexity index is 365. The molecule has 0 aliphatic heterocycles. The second-order valence-electron chi connectivity index (χ2n) is 6.25. The molecule has 0 bridgehead atoms. The quantitative estimate of drug-likeness (QED) is 0.0930. The summed E-state index contributed by atoms with van der Waals surface area (Å²) in [6.45, 7) is 6.73. The van der Waals surface area contributed by atoms with Gasteiger partial charge in [-0.2, -0.15) is 0 Å². The topological polar surface area (TPSA) is 142 Å². The van der Waals surface area contributed by atoms with Crippen molar-refractivity contribution in [1.82, 2.24) is 0 Å². The van der Waals surface area contributed by atoms with Gasteiger partial charge in [0, 0.05) is 15.1 Å². The smallest absolute Gasteiger partial charge is 0.314 e. The molecule has 0 atom stereocenters. The zero-order chi connectivity index (χ0) is 21.5. The maximum Gasteiger partial charge on any atom is 0.466 e. The van der Waals surface area contributed by atoms with E-state index in [9.17, 15) is 0 Å². The van der Waals surface area contributed by atoms with E-state index in [1.165, 1.54) is 51.2 Å². The van der Waals surface area contributed by atoms with Crippen molar-refractivity contribution in [1.29, 1.82) is 0 Å². The van der Waals surface area contributed by atoms with Gasteiger partial charge < -0.3 is 19.6 Å². The van der Waals surface area contributed by atoms with Crippen LogP contribution in [-0.4, -0.2) is 21.3 Å². The van der Waals surface area contributed by atoms with E-state index < -0.39 is 7.82 Å². The lowest BCUT2D eigenvalue weighted by molar-refractivity contribution is -0.786. The van der Waals surface area contributed by atoms with Crippen LogP contribution in [0.3, 0.4) is 0 Å². The van der Waals surface area contributed by atoms with Crippen molar-refractivity contribution in [2.75, 3.05) is 6.61 Å². The Kier molecular flexibility index (Phi) is 24.0. The Labute approximate surface area is 166 Å². The van der Waals surface area contributed by atoms with Crippen molar-refractivity contribution in [2.24, 2.45) is 5.92 Å². The maximum atomic E-state index is 8.88. The average molecular weight is 434 g/mol. The van der Waals surface area contributed by atoms with Crippen LogP contribution >= 0.6 is 7.82 Å². The summed E-state index contributed by atoms with van der Waals surface area (Å²) in [5, 5.41) is 20.2. The highest BCUT2D eigenvalue weighted by molar-refractivity contribution is 7.45. The lowest BCUT2D eigenvalue weighted by Crippen LogP contribution is -2.01. The minimum atomic E-state index is -4.64. The van der Waals surface area contributed by atoms with Gasteiger partial charge in [-0.15, -0.1) is 0 Å². The summed E-state index contributed by atoms with van der Waals surface area (Å²) in [6.07, 6.45) is 14.1. The van der Waals surface area contributed by atoms with Gasteiger partial charge in [0.1, 0.15) is 6.26 Å².